The number of fused-ring (bicyclic) bond motifs is 1. The van der Waals surface area contributed by atoms with Gasteiger partial charge < -0.3 is 14.6 Å². The number of ether oxygens (including phenoxy) is 1. The van der Waals surface area contributed by atoms with Crippen molar-refractivity contribution in [1.29, 1.82) is 0 Å². The normalized spacial score (nSPS) is 15.8. The second-order valence-corrected chi connectivity index (χ2v) is 12.2. The predicted octanol–water partition coefficient (Wildman–Crippen LogP) is 4.63. The van der Waals surface area contributed by atoms with E-state index in [9.17, 15) is 18.9 Å². The van der Waals surface area contributed by atoms with E-state index in [1.165, 1.54) is 12.0 Å². The number of hydrogen-bond acceptors (Lipinski definition) is 8. The zero-order valence-electron chi connectivity index (χ0n) is 20.5. The molecule has 0 spiro atoms. The van der Waals surface area contributed by atoms with Crippen LogP contribution in [0, 0.1) is 0 Å². The molecule has 3 amide bonds. The van der Waals surface area contributed by atoms with Gasteiger partial charge in [-0.25, -0.2) is 4.79 Å². The minimum atomic E-state index is -3.74. The standard InChI is InChI=1S/C24H31N3O7P2/c1-26(2)35-34-36(31,32-3)21(25-24(30)33-17-18-11-5-4-6-12-18)15-9-10-16-27-22(28)19-13-7-8-14-20(19)23(27)29/h4-8,11-14,21,35H,9-10,15-17H2,1-3H3,(H,25,30). The summed E-state index contributed by atoms with van der Waals surface area (Å²) >= 11 is 0. The Kier molecular flexibility index (Phi) is 10.2. The monoisotopic (exact) mass is 535 g/mol. The summed E-state index contributed by atoms with van der Waals surface area (Å²) in [5.41, 5.74) is 1.60. The summed E-state index contributed by atoms with van der Waals surface area (Å²) in [5, 5.41) is 2.63. The van der Waals surface area contributed by atoms with Gasteiger partial charge in [-0.15, -0.1) is 0 Å². The van der Waals surface area contributed by atoms with Crippen molar-refractivity contribution in [2.45, 2.75) is 31.7 Å². The predicted molar refractivity (Wildman–Crippen MR) is 137 cm³/mol. The molecule has 1 N–H and O–H groups in total. The first kappa shape index (κ1) is 28.0. The topological polar surface area (TPSA) is 114 Å². The molecule has 0 bridgehead atoms. The second kappa shape index (κ2) is 13.1. The van der Waals surface area contributed by atoms with Crippen LogP contribution in [0.1, 0.15) is 45.5 Å². The molecule has 1 aliphatic heterocycles. The van der Waals surface area contributed by atoms with Gasteiger partial charge in [-0.3, -0.25) is 28.0 Å². The fraction of sp³-hybridized carbons (Fsp3) is 0.375. The van der Waals surface area contributed by atoms with Gasteiger partial charge in [-0.05, 0) is 51.1 Å². The van der Waals surface area contributed by atoms with Crippen molar-refractivity contribution >= 4 is 34.5 Å². The molecule has 0 aromatic heterocycles. The number of alkyl carbamates (subject to hydrolysis) is 1. The maximum absolute atomic E-state index is 13.4. The number of carbonyl (C=O) groups excluding carboxylic acids is 3. The number of hydrogen-bond donors (Lipinski definition) is 1. The molecule has 0 saturated heterocycles. The van der Waals surface area contributed by atoms with Crippen LogP contribution < -0.4 is 5.32 Å². The number of nitrogens with zero attached hydrogens (tertiary/aromatic N) is 2. The van der Waals surface area contributed by atoms with Crippen molar-refractivity contribution in [1.82, 2.24) is 14.9 Å². The van der Waals surface area contributed by atoms with Crippen LogP contribution in [-0.2, 0) is 24.7 Å². The molecule has 3 unspecified atom stereocenters. The van der Waals surface area contributed by atoms with Crippen LogP contribution in [0.4, 0.5) is 4.79 Å². The second-order valence-electron chi connectivity index (χ2n) is 8.32. The molecular formula is C24H31N3O7P2. The van der Waals surface area contributed by atoms with Crippen LogP contribution in [0.2, 0.25) is 0 Å². The maximum atomic E-state index is 13.4. The molecule has 0 fully saturated rings. The van der Waals surface area contributed by atoms with Crippen LogP contribution in [0.3, 0.4) is 0 Å². The van der Waals surface area contributed by atoms with Gasteiger partial charge in [-0.2, -0.15) is 0 Å². The third kappa shape index (κ3) is 7.21. The molecule has 3 atom stereocenters. The lowest BCUT2D eigenvalue weighted by Gasteiger charge is -2.27. The van der Waals surface area contributed by atoms with Crippen molar-refractivity contribution in [3.8, 4) is 0 Å². The third-order valence-electron chi connectivity index (χ3n) is 5.47. The molecule has 0 radical (unpaired) electrons. The Hall–Kier alpha value is -2.61. The highest BCUT2D eigenvalue weighted by molar-refractivity contribution is 7.60. The Bertz CT molecular complexity index is 1080. The van der Waals surface area contributed by atoms with E-state index >= 15 is 0 Å². The van der Waals surface area contributed by atoms with Crippen molar-refractivity contribution in [2.24, 2.45) is 0 Å². The van der Waals surface area contributed by atoms with Crippen molar-refractivity contribution < 1.29 is 32.5 Å². The quantitative estimate of drug-likeness (QED) is 0.224. The first-order valence-electron chi connectivity index (χ1n) is 11.4. The van der Waals surface area contributed by atoms with Gasteiger partial charge in [0.05, 0.1) is 20.1 Å². The largest absolute Gasteiger partial charge is 0.445 e. The summed E-state index contributed by atoms with van der Waals surface area (Å²) in [5.74, 6) is -1.62. The van der Waals surface area contributed by atoms with E-state index in [4.69, 9.17) is 13.6 Å². The minimum absolute atomic E-state index is 0.0523. The van der Waals surface area contributed by atoms with Crippen LogP contribution in [0.15, 0.2) is 54.6 Å². The van der Waals surface area contributed by atoms with Gasteiger partial charge in [0.2, 0.25) is 0 Å². The number of amides is 3. The van der Waals surface area contributed by atoms with E-state index < -0.39 is 19.5 Å². The zero-order chi connectivity index (χ0) is 26.1. The van der Waals surface area contributed by atoms with E-state index in [1.807, 2.05) is 30.3 Å². The molecule has 3 rings (SSSR count). The average Bonchev–Trinajstić information content (AvgIpc) is 3.13. The number of rotatable bonds is 13. The lowest BCUT2D eigenvalue weighted by molar-refractivity contribution is 0.0651. The molecule has 12 heteroatoms. The Balaban J connectivity index is 1.59. The van der Waals surface area contributed by atoms with E-state index in [0.29, 0.717) is 24.0 Å². The smallest absolute Gasteiger partial charge is 0.408 e. The Labute approximate surface area is 212 Å². The average molecular weight is 535 g/mol. The molecule has 36 heavy (non-hydrogen) atoms. The highest BCUT2D eigenvalue weighted by atomic mass is 31.2. The maximum Gasteiger partial charge on any atom is 0.408 e. The summed E-state index contributed by atoms with van der Waals surface area (Å²) in [4.78, 5) is 38.9. The Morgan fingerprint density at radius 2 is 1.64 bits per heavy atom. The highest BCUT2D eigenvalue weighted by Crippen LogP contribution is 2.57. The number of benzene rings is 2. The summed E-state index contributed by atoms with van der Waals surface area (Å²) in [6.07, 6.45) is 0.367. The summed E-state index contributed by atoms with van der Waals surface area (Å²) < 4.78 is 31.3. The first-order chi connectivity index (χ1) is 17.2. The minimum Gasteiger partial charge on any atom is -0.445 e. The van der Waals surface area contributed by atoms with Gasteiger partial charge in [-0.1, -0.05) is 42.5 Å². The molecular weight excluding hydrogens is 504 g/mol. The van der Waals surface area contributed by atoms with E-state index in [1.54, 1.807) is 43.0 Å². The van der Waals surface area contributed by atoms with Crippen molar-refractivity contribution in [3.63, 3.8) is 0 Å². The highest BCUT2D eigenvalue weighted by Gasteiger charge is 2.38. The number of nitrogens with one attached hydrogen (secondary N) is 1. The number of imide groups is 1. The van der Waals surface area contributed by atoms with Crippen LogP contribution in [-0.4, -0.2) is 61.0 Å². The van der Waals surface area contributed by atoms with E-state index in [2.05, 4.69) is 5.32 Å². The molecule has 10 nitrogen and oxygen atoms in total. The number of unbranched alkanes of at least 4 members (excludes halogenated alkanes) is 1. The third-order valence-corrected chi connectivity index (χ3v) is 8.84. The Morgan fingerprint density at radius 1 is 1.03 bits per heavy atom. The van der Waals surface area contributed by atoms with Gasteiger partial charge >= 0.3 is 13.7 Å². The van der Waals surface area contributed by atoms with Crippen LogP contribution in [0.5, 0.6) is 0 Å². The molecule has 194 valence electrons. The van der Waals surface area contributed by atoms with Crippen molar-refractivity contribution in [2.75, 3.05) is 27.7 Å². The molecule has 0 saturated carbocycles. The first-order valence-corrected chi connectivity index (χ1v) is 13.9. The summed E-state index contributed by atoms with van der Waals surface area (Å²) in [7, 11) is 0.804. The summed E-state index contributed by atoms with van der Waals surface area (Å²) in [6.45, 7) is 0.256. The molecule has 0 aliphatic carbocycles. The van der Waals surface area contributed by atoms with Crippen LogP contribution >= 0.6 is 16.6 Å². The van der Waals surface area contributed by atoms with Gasteiger partial charge in [0.25, 0.3) is 11.8 Å². The molecule has 2 aromatic rings. The molecule has 1 heterocycles. The molecule has 2 aromatic carbocycles. The molecule has 1 aliphatic rings. The summed E-state index contributed by atoms with van der Waals surface area (Å²) in [6, 6.07) is 15.9. The lowest BCUT2D eigenvalue weighted by Crippen LogP contribution is -2.36. The van der Waals surface area contributed by atoms with Crippen molar-refractivity contribution in [3.05, 3.63) is 71.3 Å². The van der Waals surface area contributed by atoms with Gasteiger partial charge in [0, 0.05) is 13.7 Å². The van der Waals surface area contributed by atoms with E-state index in [0.717, 1.165) is 5.56 Å². The number of carbonyl (C=O) groups is 3. The fourth-order valence-corrected chi connectivity index (χ4v) is 6.56. The Morgan fingerprint density at radius 3 is 2.22 bits per heavy atom. The van der Waals surface area contributed by atoms with Gasteiger partial charge in [0.15, 0.2) is 0 Å². The van der Waals surface area contributed by atoms with E-state index in [-0.39, 0.29) is 40.3 Å². The van der Waals surface area contributed by atoms with Crippen LogP contribution in [0.25, 0.3) is 0 Å². The lowest BCUT2D eigenvalue weighted by atomic mass is 10.1. The van der Waals surface area contributed by atoms with Gasteiger partial charge in [0.1, 0.15) is 12.4 Å². The SMILES string of the molecule is COP(=O)(OPN(C)C)C(CCCCN1C(=O)c2ccccc2C1=O)NC(=O)OCc1ccccc1. The zero-order valence-corrected chi connectivity index (χ0v) is 22.4. The fourth-order valence-electron chi connectivity index (χ4n) is 3.63.